The van der Waals surface area contributed by atoms with E-state index in [9.17, 15) is 0 Å². The van der Waals surface area contributed by atoms with Gasteiger partial charge in [0.2, 0.25) is 0 Å². The van der Waals surface area contributed by atoms with E-state index in [1.165, 1.54) is 124 Å². The van der Waals surface area contributed by atoms with Crippen LogP contribution in [0.1, 0.15) is 104 Å². The summed E-state index contributed by atoms with van der Waals surface area (Å²) in [5, 5.41) is 9.44. The van der Waals surface area contributed by atoms with Crippen molar-refractivity contribution in [2.75, 3.05) is 0 Å². The van der Waals surface area contributed by atoms with E-state index in [0.29, 0.717) is 17.8 Å². The summed E-state index contributed by atoms with van der Waals surface area (Å²) < 4.78 is 5.20. The van der Waals surface area contributed by atoms with Crippen LogP contribution in [0.5, 0.6) is 0 Å². The normalized spacial score (nSPS) is 23.7. The van der Waals surface area contributed by atoms with Crippen molar-refractivity contribution in [3.8, 4) is 22.5 Å². The molecule has 5 aromatic carbocycles. The second kappa shape index (κ2) is 16.7. The summed E-state index contributed by atoms with van der Waals surface area (Å²) in [5.74, 6) is 1.10. The third-order valence-electron chi connectivity index (χ3n) is 16.9. The Morgan fingerprint density at radius 3 is 2.51 bits per heavy atom. The van der Waals surface area contributed by atoms with Crippen molar-refractivity contribution >= 4 is 50.4 Å². The van der Waals surface area contributed by atoms with Crippen LogP contribution in [0, 0.1) is 17.8 Å². The van der Waals surface area contributed by atoms with E-state index in [1.807, 2.05) is 0 Å². The standard InChI is InChI=1S/C65H60N4/c1-41-63(44-20-6-3-7-21-44)66-65(67-64(41)49-25-16-24-45(35-49)42-17-4-2-5-18-42)56-37-46-22-8-9-23-47(46)39-61(56)69-57-29-14-12-27-53(57)55-38-50-36-51(33-31-48(50)40-60(55)69)68-58-30-15-13-28-54(58)62-52-26-11-10-19-43(52)32-34-59(62)68/h2,4-5,8,10-12,14-17,19-20,22,24,26-27,29-31,33,35-42,49,64-65,67H,3,6-7,9,13,18,21,23,25,28,32,34H2,1H3. The van der Waals surface area contributed by atoms with Crippen LogP contribution in [0.4, 0.5) is 0 Å². The number of aromatic nitrogens is 2. The highest BCUT2D eigenvalue weighted by atomic mass is 15.1. The molecule has 5 unspecified atom stereocenters. The van der Waals surface area contributed by atoms with Crippen LogP contribution in [0.2, 0.25) is 0 Å². The third kappa shape index (κ3) is 6.84. The first-order valence-corrected chi connectivity index (χ1v) is 26.2. The van der Waals surface area contributed by atoms with E-state index in [2.05, 4.69) is 185 Å². The number of rotatable bonds is 6. The van der Waals surface area contributed by atoms with Crippen molar-refractivity contribution < 1.29 is 0 Å². The van der Waals surface area contributed by atoms with Crippen LogP contribution in [-0.2, 0) is 25.7 Å². The predicted molar refractivity (Wildman–Crippen MR) is 290 cm³/mol. The average molecular weight is 897 g/mol. The van der Waals surface area contributed by atoms with Crippen LogP contribution < -0.4 is 5.32 Å². The summed E-state index contributed by atoms with van der Waals surface area (Å²) in [5.41, 5.74) is 22.0. The van der Waals surface area contributed by atoms with Crippen LogP contribution >= 0.6 is 0 Å². The predicted octanol–water partition coefficient (Wildman–Crippen LogP) is 15.6. The zero-order chi connectivity index (χ0) is 45.6. The molecule has 0 bridgehead atoms. The molecule has 7 aromatic rings. The van der Waals surface area contributed by atoms with Crippen molar-refractivity contribution in [2.24, 2.45) is 22.7 Å². The zero-order valence-corrected chi connectivity index (χ0v) is 39.8. The van der Waals surface area contributed by atoms with Crippen LogP contribution in [0.15, 0.2) is 168 Å². The molecule has 0 fully saturated rings. The SMILES string of the molecule is CC1C(C2=CCCCC2)=NC(c2cc3c(cc2-n2c4ccccc4c4cc5cc(-n6c7c(c8c6CCc6ccccc6-8)CCC=C7)ccc5cc42)CCC=C3)NC1C1C=C(C2C=CC=CC2)C=CC1. The van der Waals surface area contributed by atoms with E-state index in [1.54, 1.807) is 0 Å². The number of aryl methyl sites for hydroxylation is 2. The summed E-state index contributed by atoms with van der Waals surface area (Å²) in [7, 11) is 0. The molecule has 6 aliphatic carbocycles. The Labute approximate surface area is 406 Å². The minimum atomic E-state index is -0.196. The maximum atomic E-state index is 5.88. The zero-order valence-electron chi connectivity index (χ0n) is 39.8. The van der Waals surface area contributed by atoms with Crippen molar-refractivity contribution in [1.82, 2.24) is 14.5 Å². The smallest absolute Gasteiger partial charge is 0.128 e. The number of fused-ring (bicyclic) bond motifs is 10. The Balaban J connectivity index is 0.932. The van der Waals surface area contributed by atoms with E-state index in [-0.39, 0.29) is 12.2 Å². The monoisotopic (exact) mass is 896 g/mol. The van der Waals surface area contributed by atoms with Gasteiger partial charge in [0.25, 0.3) is 0 Å². The lowest BCUT2D eigenvalue weighted by molar-refractivity contribution is 0.302. The van der Waals surface area contributed by atoms with Gasteiger partial charge in [-0.1, -0.05) is 122 Å². The molecule has 0 saturated heterocycles. The second-order valence-electron chi connectivity index (χ2n) is 20.9. The minimum absolute atomic E-state index is 0.196. The van der Waals surface area contributed by atoms with Gasteiger partial charge in [-0.25, -0.2) is 0 Å². The molecular formula is C65H60N4. The number of allylic oxidation sites excluding steroid dienone is 11. The largest absolute Gasteiger partial charge is 0.313 e. The van der Waals surface area contributed by atoms with Crippen molar-refractivity contribution in [2.45, 2.75) is 96.2 Å². The average Bonchev–Trinajstić information content (AvgIpc) is 3.93. The van der Waals surface area contributed by atoms with Crippen LogP contribution in [0.25, 0.3) is 67.2 Å². The molecule has 3 heterocycles. The number of hydrogen-bond donors (Lipinski definition) is 1. The Morgan fingerprint density at radius 1 is 0.667 bits per heavy atom. The minimum Gasteiger partial charge on any atom is -0.313 e. The quantitative estimate of drug-likeness (QED) is 0.177. The number of hydrogen-bond acceptors (Lipinski definition) is 2. The summed E-state index contributed by atoms with van der Waals surface area (Å²) in [4.78, 5) is 5.88. The lowest BCUT2D eigenvalue weighted by atomic mass is 9.75. The van der Waals surface area contributed by atoms with E-state index >= 15 is 0 Å². The van der Waals surface area contributed by atoms with Crippen LogP contribution in [-0.4, -0.2) is 20.9 Å². The topological polar surface area (TPSA) is 34.2 Å². The fourth-order valence-corrected chi connectivity index (χ4v) is 13.6. The van der Waals surface area contributed by atoms with Gasteiger partial charge in [-0.3, -0.25) is 10.3 Å². The van der Waals surface area contributed by atoms with Gasteiger partial charge in [0.05, 0.1) is 16.7 Å². The number of nitrogens with zero attached hydrogens (tertiary/aromatic N) is 3. The summed E-state index contributed by atoms with van der Waals surface area (Å²) in [6, 6.07) is 35.7. The first-order chi connectivity index (χ1) is 34.1. The molecule has 0 amide bonds. The second-order valence-corrected chi connectivity index (χ2v) is 20.9. The molecule has 0 saturated carbocycles. The maximum Gasteiger partial charge on any atom is 0.128 e. The van der Waals surface area contributed by atoms with E-state index in [0.717, 1.165) is 64.2 Å². The van der Waals surface area contributed by atoms with Gasteiger partial charge in [-0.05, 0) is 181 Å². The molecule has 7 aliphatic rings. The van der Waals surface area contributed by atoms with Gasteiger partial charge < -0.3 is 9.13 Å². The Hall–Kier alpha value is -6.75. The molecule has 0 radical (unpaired) electrons. The molecule has 4 heteroatoms. The van der Waals surface area contributed by atoms with Gasteiger partial charge in [0.1, 0.15) is 6.17 Å². The fourth-order valence-electron chi connectivity index (χ4n) is 13.6. The third-order valence-corrected chi connectivity index (χ3v) is 16.9. The molecule has 340 valence electrons. The van der Waals surface area contributed by atoms with Gasteiger partial charge in [-0.15, -0.1) is 0 Å². The number of benzene rings is 5. The Morgan fingerprint density at radius 2 is 1.58 bits per heavy atom. The van der Waals surface area contributed by atoms with Crippen LogP contribution in [0.3, 0.4) is 0 Å². The van der Waals surface area contributed by atoms with Gasteiger partial charge >= 0.3 is 0 Å². The number of para-hydroxylation sites is 1. The Bertz CT molecular complexity index is 3530. The molecule has 14 rings (SSSR count). The first-order valence-electron chi connectivity index (χ1n) is 26.2. The van der Waals surface area contributed by atoms with E-state index < -0.39 is 0 Å². The molecule has 2 aromatic heterocycles. The maximum absolute atomic E-state index is 5.88. The van der Waals surface area contributed by atoms with E-state index in [4.69, 9.17) is 4.99 Å². The molecule has 1 N–H and O–H groups in total. The molecule has 69 heavy (non-hydrogen) atoms. The molecule has 0 spiro atoms. The lowest BCUT2D eigenvalue weighted by Crippen LogP contribution is -2.49. The van der Waals surface area contributed by atoms with Crippen molar-refractivity contribution in [3.63, 3.8) is 0 Å². The first kappa shape index (κ1) is 41.2. The van der Waals surface area contributed by atoms with Gasteiger partial charge in [-0.2, -0.15) is 0 Å². The fraction of sp³-hybridized carbons (Fsp3) is 0.277. The summed E-state index contributed by atoms with van der Waals surface area (Å²) in [6.07, 6.45) is 41.7. The van der Waals surface area contributed by atoms with Crippen molar-refractivity contribution in [1.29, 1.82) is 0 Å². The Kier molecular flexibility index (Phi) is 10.0. The number of nitrogens with one attached hydrogen (secondary N) is 1. The highest BCUT2D eigenvalue weighted by molar-refractivity contribution is 6.14. The van der Waals surface area contributed by atoms with Crippen molar-refractivity contribution in [3.05, 3.63) is 202 Å². The van der Waals surface area contributed by atoms with Gasteiger partial charge in [0, 0.05) is 62.6 Å². The number of aliphatic imine (C=N–C) groups is 1. The molecule has 1 aliphatic heterocycles. The summed E-state index contributed by atoms with van der Waals surface area (Å²) >= 11 is 0. The molecular weight excluding hydrogens is 837 g/mol. The highest BCUT2D eigenvalue weighted by Gasteiger charge is 2.38. The highest BCUT2D eigenvalue weighted by Crippen LogP contribution is 2.46. The molecule has 5 atom stereocenters. The summed E-state index contributed by atoms with van der Waals surface area (Å²) in [6.45, 7) is 2.45. The van der Waals surface area contributed by atoms with Gasteiger partial charge in [0.15, 0.2) is 0 Å². The lowest BCUT2D eigenvalue weighted by Gasteiger charge is -2.41. The molecule has 4 nitrogen and oxygen atoms in total.